The van der Waals surface area contributed by atoms with Crippen molar-refractivity contribution in [3.05, 3.63) is 20.1 Å². The maximum Gasteiger partial charge on any atom is 2.00 e. The molecule has 0 spiro atoms. The molecule has 0 N–H and O–H groups in total. The second-order valence-corrected chi connectivity index (χ2v) is 19.6. The third-order valence-corrected chi connectivity index (χ3v) is 18.1. The molecule has 0 fully saturated rings. The summed E-state index contributed by atoms with van der Waals surface area (Å²) in [7, 11) is 9.17. The van der Waals surface area contributed by atoms with E-state index in [9.17, 15) is 0 Å². The van der Waals surface area contributed by atoms with Crippen LogP contribution in [0.5, 0.6) is 0 Å². The molecule has 2 rings (SSSR count). The van der Waals surface area contributed by atoms with Gasteiger partial charge < -0.3 is 0 Å². The van der Waals surface area contributed by atoms with Gasteiger partial charge in [-0.05, 0) is 0 Å². The Kier molecular flexibility index (Phi) is 12.2. The van der Waals surface area contributed by atoms with Crippen LogP contribution in [0, 0.1) is 0 Å². The Labute approximate surface area is 215 Å². The van der Waals surface area contributed by atoms with Crippen molar-refractivity contribution in [2.45, 2.75) is 105 Å². The van der Waals surface area contributed by atoms with Gasteiger partial charge in [0.15, 0.2) is 0 Å². The summed E-state index contributed by atoms with van der Waals surface area (Å²) in [5.74, 6) is 0. The molecule has 2 aromatic rings. The van der Waals surface area contributed by atoms with Gasteiger partial charge >= 0.3 is 45.5 Å². The Morgan fingerprint density at radius 2 is 0.778 bits per heavy atom. The molecule has 27 heavy (non-hydrogen) atoms. The second kappa shape index (κ2) is 11.1. The summed E-state index contributed by atoms with van der Waals surface area (Å²) in [6.45, 7) is 27.9. The summed E-state index contributed by atoms with van der Waals surface area (Å²) in [4.78, 5) is 0. The van der Waals surface area contributed by atoms with Crippen LogP contribution in [0.2, 0.25) is 0 Å². The van der Waals surface area contributed by atoms with Crippen LogP contribution in [0.3, 0.4) is 0 Å². The first-order valence-electron chi connectivity index (χ1n) is 9.19. The molecule has 0 aliphatic carbocycles. The topological polar surface area (TPSA) is 0 Å². The van der Waals surface area contributed by atoms with Crippen LogP contribution in [0.25, 0.3) is 0 Å². The zero-order valence-corrected chi connectivity index (χ0v) is 28.2. The molecule has 0 saturated heterocycles. The molecule has 0 radical (unpaired) electrons. The van der Waals surface area contributed by atoms with Gasteiger partial charge in [-0.25, -0.2) is 0 Å². The van der Waals surface area contributed by atoms with Crippen molar-refractivity contribution in [3.63, 3.8) is 0 Å². The van der Waals surface area contributed by atoms with Gasteiger partial charge in [-0.2, -0.15) is 31.5 Å². The molecular formula is C20H36P6Sr. The minimum absolute atomic E-state index is 0. The molecule has 0 atom stereocenters. The molecule has 0 unspecified atom stereocenters. The molecule has 0 nitrogen and oxygen atoms in total. The van der Waals surface area contributed by atoms with Crippen molar-refractivity contribution < 1.29 is 0 Å². The van der Waals surface area contributed by atoms with Gasteiger partial charge in [-0.3, -0.25) is 16.4 Å². The fourth-order valence-electron chi connectivity index (χ4n) is 1.75. The third-order valence-electron chi connectivity index (χ3n) is 3.59. The largest absolute Gasteiger partial charge is 2.00 e. The third kappa shape index (κ3) is 10.3. The van der Waals surface area contributed by atoms with E-state index in [0.29, 0.717) is 21.7 Å². The first-order valence-corrected chi connectivity index (χ1v) is 16.0. The predicted octanol–water partition coefficient (Wildman–Crippen LogP) is 11.1. The van der Waals surface area contributed by atoms with Crippen LogP contribution in [-0.4, -0.2) is 45.5 Å². The molecule has 0 aliphatic heterocycles. The van der Waals surface area contributed by atoms with Crippen molar-refractivity contribution in [2.24, 2.45) is 0 Å². The van der Waals surface area contributed by atoms with Gasteiger partial charge in [0.25, 0.3) is 0 Å². The Bertz CT molecular complexity index is 583. The van der Waals surface area contributed by atoms with Crippen LogP contribution in [0.15, 0.2) is 0 Å². The molecule has 0 aliphatic rings. The van der Waals surface area contributed by atoms with E-state index in [1.165, 1.54) is 47.9 Å². The summed E-state index contributed by atoms with van der Waals surface area (Å²) in [6, 6.07) is 0. The summed E-state index contributed by atoms with van der Waals surface area (Å²) < 4.78 is 0. The van der Waals surface area contributed by atoms with Gasteiger partial charge in [0.2, 0.25) is 0 Å². The normalized spacial score (nSPS) is 14.7. The molecule has 0 bridgehead atoms. The van der Waals surface area contributed by atoms with Crippen molar-refractivity contribution in [1.29, 1.82) is 0 Å². The second-order valence-electron chi connectivity index (χ2n) is 10.9. The van der Waals surface area contributed by atoms with Gasteiger partial charge in [0.05, 0.1) is 0 Å². The molecule has 7 heteroatoms. The van der Waals surface area contributed by atoms with Crippen LogP contribution >= 0.6 is 47.9 Å². The van der Waals surface area contributed by atoms with E-state index in [0.717, 1.165) is 0 Å². The number of hydrogen-bond acceptors (Lipinski definition) is 0. The quantitative estimate of drug-likeness (QED) is 0.226. The number of rotatable bonds is 0. The van der Waals surface area contributed by atoms with E-state index in [-0.39, 0.29) is 45.5 Å². The van der Waals surface area contributed by atoms with E-state index in [2.05, 4.69) is 83.1 Å². The maximum absolute atomic E-state index is 2.32. The Hall–Kier alpha value is 2.76. The van der Waals surface area contributed by atoms with Gasteiger partial charge in [0.1, 0.15) is 0 Å². The Morgan fingerprint density at radius 1 is 0.519 bits per heavy atom. The number of hydrogen-bond donors (Lipinski definition) is 0. The van der Waals surface area contributed by atoms with Crippen LogP contribution in [0.4, 0.5) is 0 Å². The Morgan fingerprint density at radius 3 is 0.889 bits per heavy atom. The van der Waals surface area contributed by atoms with E-state index in [4.69, 9.17) is 0 Å². The van der Waals surface area contributed by atoms with E-state index in [1.54, 1.807) is 20.1 Å². The van der Waals surface area contributed by atoms with E-state index < -0.39 is 0 Å². The van der Waals surface area contributed by atoms with Crippen molar-refractivity contribution in [3.8, 4) is 0 Å². The molecular weight excluding hydrogens is 514 g/mol. The molecule has 0 saturated carbocycles. The van der Waals surface area contributed by atoms with E-state index >= 15 is 0 Å². The SMILES string of the molecule is CC(C)(C)c1pp[c-](C(C)(C)C)p1.CC(C)(C)c1pp[c-](C(C)(C)C)p1.[Sr+2]. The van der Waals surface area contributed by atoms with Gasteiger partial charge in [-0.15, -0.1) is 20.1 Å². The standard InChI is InChI=1S/2C10H18P3.Sr/c2*1-9(2,3)7-11-8(13-12-7)10(4,5)6;/h2*1-6H3;/q2*-1;+2. The fourth-order valence-corrected chi connectivity index (χ4v) is 15.4. The Balaban J connectivity index is 0.000000483. The summed E-state index contributed by atoms with van der Waals surface area (Å²) in [5, 5.41) is 6.72. The molecule has 0 aromatic carbocycles. The van der Waals surface area contributed by atoms with Crippen LogP contribution < -0.4 is 0 Å². The first-order chi connectivity index (χ1) is 11.4. The van der Waals surface area contributed by atoms with Gasteiger partial charge in [-0.1, -0.05) is 105 Å². The van der Waals surface area contributed by atoms with Gasteiger partial charge in [0, 0.05) is 0 Å². The molecule has 2 aromatic heterocycles. The summed E-state index contributed by atoms with van der Waals surface area (Å²) in [6.07, 6.45) is 0. The molecule has 0 amide bonds. The maximum atomic E-state index is 2.32. The van der Waals surface area contributed by atoms with Crippen molar-refractivity contribution in [1.82, 2.24) is 0 Å². The van der Waals surface area contributed by atoms with Crippen LogP contribution in [0.1, 0.15) is 103 Å². The average Bonchev–Trinajstić information content (AvgIpc) is 3.06. The summed E-state index contributed by atoms with van der Waals surface area (Å²) >= 11 is 0. The van der Waals surface area contributed by atoms with Crippen molar-refractivity contribution in [2.75, 3.05) is 0 Å². The summed E-state index contributed by atoms with van der Waals surface area (Å²) in [5.41, 5.74) is 1.57. The zero-order valence-electron chi connectivity index (χ0n) is 19.4. The minimum atomic E-state index is 0. The van der Waals surface area contributed by atoms with Crippen molar-refractivity contribution >= 4 is 93.3 Å². The smallest absolute Gasteiger partial charge is 0.261 e. The first kappa shape index (κ1) is 29.8. The van der Waals surface area contributed by atoms with Crippen LogP contribution in [-0.2, 0) is 21.7 Å². The molecule has 148 valence electrons. The fraction of sp³-hybridized carbons (Fsp3) is 0.800. The molecule has 2 heterocycles. The van der Waals surface area contributed by atoms with E-state index in [1.807, 2.05) is 0 Å². The monoisotopic (exact) mass is 550 g/mol. The minimum Gasteiger partial charge on any atom is -0.261 e. The zero-order chi connectivity index (χ0) is 20.6. The average molecular weight is 550 g/mol. The predicted molar refractivity (Wildman–Crippen MR) is 140 cm³/mol.